The summed E-state index contributed by atoms with van der Waals surface area (Å²) in [7, 11) is 1.57. The molecule has 0 bridgehead atoms. The van der Waals surface area contributed by atoms with Crippen LogP contribution in [-0.2, 0) is 16.0 Å². The van der Waals surface area contributed by atoms with Gasteiger partial charge in [-0.25, -0.2) is 15.0 Å². The van der Waals surface area contributed by atoms with E-state index < -0.39 is 11.7 Å². The van der Waals surface area contributed by atoms with Crippen LogP contribution in [-0.4, -0.2) is 40.8 Å². The molecule has 1 fully saturated rings. The molecular formula is C19H26N4O5S. The predicted octanol–water partition coefficient (Wildman–Crippen LogP) is 2.37. The first-order valence-corrected chi connectivity index (χ1v) is 10.2. The monoisotopic (exact) mass is 422 g/mol. The van der Waals surface area contributed by atoms with E-state index in [2.05, 4.69) is 10.5 Å². The van der Waals surface area contributed by atoms with Crippen molar-refractivity contribution in [3.05, 3.63) is 31.3 Å². The number of thiophene rings is 1. The van der Waals surface area contributed by atoms with Crippen molar-refractivity contribution in [1.82, 2.24) is 14.6 Å². The van der Waals surface area contributed by atoms with Crippen LogP contribution in [0.5, 0.6) is 0 Å². The van der Waals surface area contributed by atoms with Crippen molar-refractivity contribution in [2.45, 2.75) is 58.7 Å². The second-order valence-corrected chi connectivity index (χ2v) is 9.01. The molecule has 1 N–H and O–H groups in total. The molecule has 10 heteroatoms. The quantitative estimate of drug-likeness (QED) is 0.569. The van der Waals surface area contributed by atoms with Gasteiger partial charge in [-0.1, -0.05) is 0 Å². The van der Waals surface area contributed by atoms with Crippen molar-refractivity contribution in [3.8, 4) is 0 Å². The van der Waals surface area contributed by atoms with Crippen molar-refractivity contribution in [1.29, 1.82) is 0 Å². The lowest BCUT2D eigenvalue weighted by atomic mass is 10.2. The van der Waals surface area contributed by atoms with Crippen LogP contribution in [0.4, 0.5) is 4.79 Å². The van der Waals surface area contributed by atoms with E-state index in [1.807, 2.05) is 6.92 Å². The van der Waals surface area contributed by atoms with E-state index in [0.29, 0.717) is 28.2 Å². The molecule has 1 aliphatic carbocycles. The number of nitrogens with one attached hydrogen (secondary N) is 1. The summed E-state index contributed by atoms with van der Waals surface area (Å²) in [5.74, 6) is 0. The fourth-order valence-corrected chi connectivity index (χ4v) is 4.17. The van der Waals surface area contributed by atoms with Gasteiger partial charge in [0.1, 0.15) is 10.4 Å². The van der Waals surface area contributed by atoms with Crippen molar-refractivity contribution in [2.75, 3.05) is 13.7 Å². The lowest BCUT2D eigenvalue weighted by molar-refractivity contribution is 0.0529. The van der Waals surface area contributed by atoms with Gasteiger partial charge in [-0.05, 0) is 46.1 Å². The van der Waals surface area contributed by atoms with Crippen LogP contribution in [0.1, 0.15) is 50.1 Å². The molecule has 3 rings (SSSR count). The number of methoxy groups -OCH3 is 1. The summed E-state index contributed by atoms with van der Waals surface area (Å²) in [5, 5.41) is 4.45. The van der Waals surface area contributed by atoms with Crippen molar-refractivity contribution in [3.63, 3.8) is 0 Å². The van der Waals surface area contributed by atoms with Crippen LogP contribution in [0.2, 0.25) is 0 Å². The van der Waals surface area contributed by atoms with Crippen LogP contribution in [0.25, 0.3) is 10.2 Å². The Morgan fingerprint density at radius 3 is 2.62 bits per heavy atom. The summed E-state index contributed by atoms with van der Waals surface area (Å²) in [4.78, 5) is 39.0. The highest BCUT2D eigenvalue weighted by Gasteiger charge is 2.30. The van der Waals surface area contributed by atoms with Crippen molar-refractivity contribution < 1.29 is 14.3 Å². The zero-order valence-electron chi connectivity index (χ0n) is 17.3. The molecule has 2 aromatic rings. The van der Waals surface area contributed by atoms with Gasteiger partial charge in [-0.3, -0.25) is 13.9 Å². The summed E-state index contributed by atoms with van der Waals surface area (Å²) in [6, 6.07) is -0.0292. The van der Waals surface area contributed by atoms with Crippen LogP contribution in [0, 0.1) is 6.92 Å². The van der Waals surface area contributed by atoms with Gasteiger partial charge in [-0.15, -0.1) is 11.3 Å². The number of hydrogen-bond donors (Lipinski definition) is 1. The number of amides is 1. The molecule has 0 radical (unpaired) electrons. The largest absolute Gasteiger partial charge is 0.443 e. The lowest BCUT2D eigenvalue weighted by Gasteiger charge is -2.18. The maximum absolute atomic E-state index is 13.0. The van der Waals surface area contributed by atoms with Crippen LogP contribution in [0.15, 0.2) is 14.7 Å². The van der Waals surface area contributed by atoms with Gasteiger partial charge in [0, 0.05) is 13.2 Å². The second-order valence-electron chi connectivity index (χ2n) is 7.98. The molecule has 2 heterocycles. The Labute approximate surface area is 171 Å². The van der Waals surface area contributed by atoms with Gasteiger partial charge in [0.05, 0.1) is 29.6 Å². The molecule has 0 aliphatic heterocycles. The fourth-order valence-electron chi connectivity index (χ4n) is 2.98. The van der Waals surface area contributed by atoms with E-state index in [9.17, 15) is 14.4 Å². The molecule has 1 aliphatic rings. The third-order valence-electron chi connectivity index (χ3n) is 4.45. The Hall–Kier alpha value is -2.46. The van der Waals surface area contributed by atoms with E-state index in [0.717, 1.165) is 18.4 Å². The molecule has 29 heavy (non-hydrogen) atoms. The van der Waals surface area contributed by atoms with Crippen LogP contribution >= 0.6 is 11.3 Å². The van der Waals surface area contributed by atoms with Gasteiger partial charge < -0.3 is 9.47 Å². The molecule has 0 aromatic carbocycles. The Morgan fingerprint density at radius 2 is 2.03 bits per heavy atom. The highest BCUT2D eigenvalue weighted by molar-refractivity contribution is 7.20. The van der Waals surface area contributed by atoms with Crippen LogP contribution < -0.4 is 16.7 Å². The Morgan fingerprint density at radius 1 is 1.34 bits per heavy atom. The third kappa shape index (κ3) is 4.59. The Balaban J connectivity index is 2.00. The topological polar surface area (TPSA) is 104 Å². The molecule has 158 valence electrons. The maximum Gasteiger partial charge on any atom is 0.428 e. The van der Waals surface area contributed by atoms with Gasteiger partial charge in [0.15, 0.2) is 0 Å². The fraction of sp³-hybridized carbons (Fsp3) is 0.579. The number of aromatic nitrogens is 2. The summed E-state index contributed by atoms with van der Waals surface area (Å²) in [6.45, 7) is 7.81. The number of carbonyl (C=O) groups is 1. The molecule has 1 amide bonds. The number of carbonyl (C=O) groups excluding carboxylic acids is 1. The highest BCUT2D eigenvalue weighted by atomic mass is 32.1. The minimum absolute atomic E-state index is 0.0292. The summed E-state index contributed by atoms with van der Waals surface area (Å²) in [6.07, 6.45) is 2.47. The smallest absolute Gasteiger partial charge is 0.428 e. The molecular weight excluding hydrogens is 396 g/mol. The summed E-state index contributed by atoms with van der Waals surface area (Å²) < 4.78 is 13.2. The van der Waals surface area contributed by atoms with Crippen molar-refractivity contribution >= 4 is 33.9 Å². The number of hydrazone groups is 1. The normalized spacial score (nSPS) is 14.7. The Kier molecular flexibility index (Phi) is 5.95. The highest BCUT2D eigenvalue weighted by Crippen LogP contribution is 2.34. The van der Waals surface area contributed by atoms with Gasteiger partial charge in [0.25, 0.3) is 5.56 Å². The first-order valence-electron chi connectivity index (χ1n) is 9.43. The lowest BCUT2D eigenvalue weighted by Crippen LogP contribution is -2.39. The number of aryl methyl sites for hydroxylation is 1. The van der Waals surface area contributed by atoms with Crippen LogP contribution in [0.3, 0.4) is 0 Å². The zero-order valence-corrected chi connectivity index (χ0v) is 18.1. The summed E-state index contributed by atoms with van der Waals surface area (Å²) in [5.41, 5.74) is 1.84. The third-order valence-corrected chi connectivity index (χ3v) is 5.70. The molecule has 9 nitrogen and oxygen atoms in total. The number of nitrogens with zero attached hydrogens (tertiary/aromatic N) is 3. The molecule has 1 saturated carbocycles. The average Bonchev–Trinajstić information content (AvgIpc) is 3.38. The predicted molar refractivity (Wildman–Crippen MR) is 112 cm³/mol. The maximum atomic E-state index is 13.0. The first-order chi connectivity index (χ1) is 13.6. The van der Waals surface area contributed by atoms with E-state index in [1.165, 1.54) is 22.1 Å². The minimum atomic E-state index is -0.666. The molecule has 2 aromatic heterocycles. The van der Waals surface area contributed by atoms with E-state index >= 15 is 0 Å². The minimum Gasteiger partial charge on any atom is -0.443 e. The number of ether oxygens (including phenoxy) is 2. The average molecular weight is 423 g/mol. The number of rotatable bonds is 6. The van der Waals surface area contributed by atoms with Crippen molar-refractivity contribution in [2.24, 2.45) is 5.10 Å². The number of hydrogen-bond acceptors (Lipinski definition) is 7. The second kappa shape index (κ2) is 8.11. The van der Waals surface area contributed by atoms with Gasteiger partial charge in [-0.2, -0.15) is 5.10 Å². The SMILES string of the molecule is COCCn1c(=O)n(C2CC2)c(=O)c2c(C)c(C=NNC(=O)OC(C)(C)C)sc21. The molecule has 0 unspecified atom stereocenters. The van der Waals surface area contributed by atoms with E-state index in [4.69, 9.17) is 9.47 Å². The van der Waals surface area contributed by atoms with E-state index in [1.54, 1.807) is 32.4 Å². The molecule has 0 saturated heterocycles. The van der Waals surface area contributed by atoms with E-state index in [-0.39, 0.29) is 17.3 Å². The first kappa shape index (κ1) is 21.3. The number of fused-ring (bicyclic) bond motifs is 1. The van der Waals surface area contributed by atoms with Gasteiger partial charge >= 0.3 is 11.8 Å². The summed E-state index contributed by atoms with van der Waals surface area (Å²) >= 11 is 1.29. The molecule has 0 spiro atoms. The zero-order chi connectivity index (χ0) is 21.3. The molecule has 0 atom stereocenters. The van der Waals surface area contributed by atoms with Gasteiger partial charge in [0.2, 0.25) is 0 Å². The Bertz CT molecular complexity index is 1070. The standard InChI is InChI=1S/C19H26N4O5S/c1-11-13(10-20-21-17(25)28-19(2,3)4)29-16-14(11)15(24)23(12-6-7-12)18(26)22(16)8-9-27-5/h10,12H,6-9H2,1-5H3,(H,21,25).